The van der Waals surface area contributed by atoms with Gasteiger partial charge in [0.25, 0.3) is 0 Å². The molecular formula is C15H15F3N4OS. The number of benzene rings is 1. The van der Waals surface area contributed by atoms with Gasteiger partial charge < -0.3 is 11.1 Å². The summed E-state index contributed by atoms with van der Waals surface area (Å²) in [6.45, 7) is -0.0689. The van der Waals surface area contributed by atoms with Gasteiger partial charge in [-0.15, -0.1) is 11.8 Å². The molecule has 3 N–H and O–H groups in total. The van der Waals surface area contributed by atoms with Gasteiger partial charge in [-0.3, -0.25) is 4.79 Å². The van der Waals surface area contributed by atoms with Crippen molar-refractivity contribution in [1.82, 2.24) is 9.97 Å². The van der Waals surface area contributed by atoms with Crippen molar-refractivity contribution in [2.75, 3.05) is 23.9 Å². The number of nitrogen functional groups attached to an aromatic ring is 1. The van der Waals surface area contributed by atoms with Crippen molar-refractivity contribution in [2.24, 2.45) is 0 Å². The number of Topliss-reactive ketones (excluding diaryl/α,β-unsaturated/α-hetero) is 1. The Bertz CT molecular complexity index is 737. The van der Waals surface area contributed by atoms with Gasteiger partial charge in [0.05, 0.1) is 12.1 Å². The third-order valence-electron chi connectivity index (χ3n) is 3.05. The van der Waals surface area contributed by atoms with E-state index in [0.29, 0.717) is 16.4 Å². The van der Waals surface area contributed by atoms with Crippen molar-refractivity contribution in [2.45, 2.75) is 17.6 Å². The van der Waals surface area contributed by atoms with Crippen molar-refractivity contribution in [3.05, 3.63) is 41.5 Å². The van der Waals surface area contributed by atoms with Crippen molar-refractivity contribution < 1.29 is 18.0 Å². The van der Waals surface area contributed by atoms with Gasteiger partial charge in [0, 0.05) is 12.5 Å². The van der Waals surface area contributed by atoms with E-state index in [2.05, 4.69) is 15.3 Å². The summed E-state index contributed by atoms with van der Waals surface area (Å²) in [7, 11) is 0. The molecule has 0 aliphatic heterocycles. The Balaban J connectivity index is 1.98. The molecule has 0 aliphatic carbocycles. The Morgan fingerprint density at radius 2 is 2.04 bits per heavy atom. The Morgan fingerprint density at radius 3 is 2.71 bits per heavy atom. The highest BCUT2D eigenvalue weighted by Crippen LogP contribution is 2.29. The summed E-state index contributed by atoms with van der Waals surface area (Å²) >= 11 is 1.38. The number of alkyl halides is 3. The van der Waals surface area contributed by atoms with E-state index in [-0.39, 0.29) is 24.7 Å². The van der Waals surface area contributed by atoms with Crippen LogP contribution in [0.3, 0.4) is 0 Å². The molecule has 5 nitrogen and oxygen atoms in total. The summed E-state index contributed by atoms with van der Waals surface area (Å²) in [6, 6.07) is 6.36. The number of nitrogens with zero attached hydrogens (tertiary/aromatic N) is 2. The molecule has 0 unspecified atom stereocenters. The van der Waals surface area contributed by atoms with E-state index in [4.69, 9.17) is 5.73 Å². The standard InChI is InChI=1S/C15H15F3N4OS/c1-24-13-7-12(21-14(19)22-13)20-8-11(23)6-9-3-2-4-10(5-9)15(16,17)18/h2-5,7H,6,8H2,1H3,(H3,19,20,21,22). The number of anilines is 2. The molecule has 1 aromatic carbocycles. The van der Waals surface area contributed by atoms with E-state index >= 15 is 0 Å². The molecule has 0 bridgehead atoms. The van der Waals surface area contributed by atoms with E-state index in [1.54, 1.807) is 6.07 Å². The summed E-state index contributed by atoms with van der Waals surface area (Å²) in [5.41, 5.74) is 5.09. The zero-order chi connectivity index (χ0) is 17.7. The van der Waals surface area contributed by atoms with E-state index < -0.39 is 11.7 Å². The predicted octanol–water partition coefficient (Wildman–Crippen LogP) is 3.02. The van der Waals surface area contributed by atoms with Crippen LogP contribution >= 0.6 is 11.8 Å². The van der Waals surface area contributed by atoms with Crippen LogP contribution in [0.2, 0.25) is 0 Å². The van der Waals surface area contributed by atoms with Crippen molar-refractivity contribution >= 4 is 29.3 Å². The number of nitrogens with two attached hydrogens (primary N) is 1. The van der Waals surface area contributed by atoms with E-state index in [1.165, 1.54) is 23.9 Å². The number of thioether (sulfide) groups is 1. The zero-order valence-corrected chi connectivity index (χ0v) is 13.5. The maximum Gasteiger partial charge on any atom is 0.416 e. The molecule has 0 aliphatic rings. The number of aromatic nitrogens is 2. The first-order chi connectivity index (χ1) is 11.3. The van der Waals surface area contributed by atoms with Gasteiger partial charge in [0.2, 0.25) is 5.95 Å². The summed E-state index contributed by atoms with van der Waals surface area (Å²) in [5, 5.41) is 3.46. The molecule has 2 aromatic rings. The molecule has 0 saturated carbocycles. The fourth-order valence-electron chi connectivity index (χ4n) is 1.97. The molecule has 1 heterocycles. The monoisotopic (exact) mass is 356 g/mol. The topological polar surface area (TPSA) is 80.9 Å². The number of ketones is 1. The Labute approximate surface area is 140 Å². The Hall–Kier alpha value is -2.29. The SMILES string of the molecule is CSc1cc(NCC(=O)Cc2cccc(C(F)(F)F)c2)nc(N)n1. The number of halogens is 3. The Morgan fingerprint density at radius 1 is 1.29 bits per heavy atom. The van der Waals surface area contributed by atoms with Crippen LogP contribution in [0.15, 0.2) is 35.4 Å². The zero-order valence-electron chi connectivity index (χ0n) is 12.7. The largest absolute Gasteiger partial charge is 0.416 e. The molecule has 0 amide bonds. The van der Waals surface area contributed by atoms with E-state index in [0.717, 1.165) is 12.1 Å². The average molecular weight is 356 g/mol. The number of nitrogens with one attached hydrogen (secondary N) is 1. The molecule has 1 aromatic heterocycles. The summed E-state index contributed by atoms with van der Waals surface area (Å²) in [5.74, 6) is 0.205. The maximum absolute atomic E-state index is 12.7. The van der Waals surface area contributed by atoms with Gasteiger partial charge in [-0.05, 0) is 17.9 Å². The first-order valence-corrected chi connectivity index (χ1v) is 8.10. The molecule has 128 valence electrons. The molecule has 0 spiro atoms. The molecule has 0 fully saturated rings. The molecule has 0 radical (unpaired) electrons. The number of hydrogen-bond donors (Lipinski definition) is 2. The number of rotatable bonds is 6. The second-order valence-electron chi connectivity index (χ2n) is 4.92. The lowest BCUT2D eigenvalue weighted by Crippen LogP contribution is -2.17. The van der Waals surface area contributed by atoms with Crippen molar-refractivity contribution in [3.63, 3.8) is 0 Å². The van der Waals surface area contributed by atoms with Crippen LogP contribution in [0.25, 0.3) is 0 Å². The van der Waals surface area contributed by atoms with Crippen LogP contribution in [-0.2, 0) is 17.4 Å². The fraction of sp³-hybridized carbons (Fsp3) is 0.267. The van der Waals surface area contributed by atoms with Crippen LogP contribution < -0.4 is 11.1 Å². The highest BCUT2D eigenvalue weighted by molar-refractivity contribution is 7.98. The highest BCUT2D eigenvalue weighted by atomic mass is 32.2. The maximum atomic E-state index is 12.7. The highest BCUT2D eigenvalue weighted by Gasteiger charge is 2.30. The molecular weight excluding hydrogens is 341 g/mol. The summed E-state index contributed by atoms with van der Waals surface area (Å²) < 4.78 is 38.0. The first kappa shape index (κ1) is 18.1. The number of carbonyl (C=O) groups excluding carboxylic acids is 1. The third-order valence-corrected chi connectivity index (χ3v) is 3.68. The lowest BCUT2D eigenvalue weighted by molar-refractivity contribution is -0.137. The predicted molar refractivity (Wildman–Crippen MR) is 86.9 cm³/mol. The van der Waals surface area contributed by atoms with Crippen molar-refractivity contribution in [1.29, 1.82) is 0 Å². The minimum Gasteiger partial charge on any atom is -0.368 e. The number of carbonyl (C=O) groups is 1. The van der Waals surface area contributed by atoms with E-state index in [9.17, 15) is 18.0 Å². The molecule has 24 heavy (non-hydrogen) atoms. The van der Waals surface area contributed by atoms with Crippen LogP contribution in [0.4, 0.5) is 24.9 Å². The third kappa shape index (κ3) is 5.12. The van der Waals surface area contributed by atoms with Crippen LogP contribution in [-0.4, -0.2) is 28.6 Å². The van der Waals surface area contributed by atoms with Crippen LogP contribution in [0.1, 0.15) is 11.1 Å². The van der Waals surface area contributed by atoms with Gasteiger partial charge in [-0.1, -0.05) is 18.2 Å². The summed E-state index contributed by atoms with van der Waals surface area (Å²) in [4.78, 5) is 19.9. The average Bonchev–Trinajstić information content (AvgIpc) is 2.52. The second kappa shape index (κ2) is 7.52. The van der Waals surface area contributed by atoms with Gasteiger partial charge in [-0.25, -0.2) is 4.98 Å². The van der Waals surface area contributed by atoms with E-state index in [1.807, 2.05) is 6.26 Å². The van der Waals surface area contributed by atoms with Gasteiger partial charge in [-0.2, -0.15) is 18.2 Å². The smallest absolute Gasteiger partial charge is 0.368 e. The minimum atomic E-state index is -4.43. The second-order valence-corrected chi connectivity index (χ2v) is 5.75. The normalized spacial score (nSPS) is 11.3. The summed E-state index contributed by atoms with van der Waals surface area (Å²) in [6.07, 6.45) is -2.71. The number of hydrogen-bond acceptors (Lipinski definition) is 6. The first-order valence-electron chi connectivity index (χ1n) is 6.88. The molecule has 0 saturated heterocycles. The quantitative estimate of drug-likeness (QED) is 0.612. The fourth-order valence-corrected chi connectivity index (χ4v) is 2.39. The van der Waals surface area contributed by atoms with Gasteiger partial charge in [0.15, 0.2) is 5.78 Å². The molecule has 2 rings (SSSR count). The Kier molecular flexibility index (Phi) is 5.66. The minimum absolute atomic E-state index is 0.0689. The molecule has 9 heteroatoms. The lowest BCUT2D eigenvalue weighted by Gasteiger charge is -2.09. The van der Waals surface area contributed by atoms with Gasteiger partial charge in [0.1, 0.15) is 10.8 Å². The lowest BCUT2D eigenvalue weighted by atomic mass is 10.1. The van der Waals surface area contributed by atoms with Crippen molar-refractivity contribution in [3.8, 4) is 0 Å². The van der Waals surface area contributed by atoms with Crippen LogP contribution in [0.5, 0.6) is 0 Å². The van der Waals surface area contributed by atoms with Gasteiger partial charge >= 0.3 is 6.18 Å². The van der Waals surface area contributed by atoms with Crippen LogP contribution in [0, 0.1) is 0 Å². The molecule has 0 atom stereocenters.